The summed E-state index contributed by atoms with van der Waals surface area (Å²) in [5.41, 5.74) is 7.89. The molecular weight excluding hydrogens is 224 g/mol. The van der Waals surface area contributed by atoms with Gasteiger partial charge >= 0.3 is 0 Å². The summed E-state index contributed by atoms with van der Waals surface area (Å²) in [6, 6.07) is 11.0. The summed E-state index contributed by atoms with van der Waals surface area (Å²) in [7, 11) is 0. The van der Waals surface area contributed by atoms with Gasteiger partial charge in [-0.2, -0.15) is 0 Å². The third-order valence-electron chi connectivity index (χ3n) is 4.41. The minimum Gasteiger partial charge on any atom is -0.381 e. The molecule has 1 aromatic carbocycles. The average Bonchev–Trinajstić information content (AvgIpc) is 2.67. The Morgan fingerprint density at radius 1 is 1.22 bits per heavy atom. The van der Waals surface area contributed by atoms with E-state index >= 15 is 0 Å². The number of ether oxygens (including phenoxy) is 1. The fourth-order valence-electron chi connectivity index (χ4n) is 3.47. The van der Waals surface area contributed by atoms with Gasteiger partial charge in [0, 0.05) is 37.9 Å². The molecule has 1 spiro atoms. The van der Waals surface area contributed by atoms with Gasteiger partial charge in [-0.3, -0.25) is 4.90 Å². The van der Waals surface area contributed by atoms with Crippen LogP contribution in [-0.2, 0) is 11.3 Å². The van der Waals surface area contributed by atoms with Gasteiger partial charge in [0.1, 0.15) is 0 Å². The first-order valence-electron chi connectivity index (χ1n) is 6.91. The number of hydrogen-bond donors (Lipinski definition) is 1. The zero-order chi connectivity index (χ0) is 12.4. The van der Waals surface area contributed by atoms with Gasteiger partial charge in [0.15, 0.2) is 0 Å². The van der Waals surface area contributed by atoms with Crippen molar-refractivity contribution in [1.29, 1.82) is 0 Å². The predicted octanol–water partition coefficient (Wildman–Crippen LogP) is 1.77. The molecule has 0 radical (unpaired) electrons. The lowest BCUT2D eigenvalue weighted by molar-refractivity contribution is -0.0113. The molecule has 2 heterocycles. The zero-order valence-electron chi connectivity index (χ0n) is 10.8. The van der Waals surface area contributed by atoms with Gasteiger partial charge in [-0.1, -0.05) is 30.3 Å². The van der Waals surface area contributed by atoms with E-state index in [9.17, 15) is 0 Å². The Kier molecular flexibility index (Phi) is 3.37. The molecular formula is C15H22N2O. The molecule has 2 aliphatic heterocycles. The van der Waals surface area contributed by atoms with Crippen molar-refractivity contribution in [2.45, 2.75) is 37.4 Å². The van der Waals surface area contributed by atoms with E-state index in [1.807, 2.05) is 0 Å². The van der Waals surface area contributed by atoms with Gasteiger partial charge in [-0.05, 0) is 24.8 Å². The maximum Gasteiger partial charge on any atom is 0.0483 e. The van der Waals surface area contributed by atoms with Crippen LogP contribution < -0.4 is 5.73 Å². The second kappa shape index (κ2) is 5.00. The molecule has 1 aromatic rings. The molecule has 2 aliphatic rings. The van der Waals surface area contributed by atoms with Crippen molar-refractivity contribution < 1.29 is 4.74 Å². The summed E-state index contributed by atoms with van der Waals surface area (Å²) >= 11 is 0. The Morgan fingerprint density at radius 3 is 2.67 bits per heavy atom. The number of likely N-dealkylation sites (tertiary alicyclic amines) is 1. The van der Waals surface area contributed by atoms with E-state index in [2.05, 4.69) is 35.2 Å². The normalized spacial score (nSPS) is 27.7. The molecule has 3 rings (SSSR count). The van der Waals surface area contributed by atoms with Crippen LogP contribution in [0.3, 0.4) is 0 Å². The molecule has 98 valence electrons. The minimum absolute atomic E-state index is 0.299. The van der Waals surface area contributed by atoms with E-state index in [1.165, 1.54) is 5.56 Å². The highest BCUT2D eigenvalue weighted by Crippen LogP contribution is 2.38. The van der Waals surface area contributed by atoms with Gasteiger partial charge in [-0.25, -0.2) is 0 Å². The molecule has 18 heavy (non-hydrogen) atoms. The summed E-state index contributed by atoms with van der Waals surface area (Å²) in [6.45, 7) is 3.82. The maximum absolute atomic E-state index is 6.20. The van der Waals surface area contributed by atoms with Gasteiger partial charge in [0.05, 0.1) is 0 Å². The van der Waals surface area contributed by atoms with Crippen molar-refractivity contribution in [2.75, 3.05) is 19.8 Å². The Balaban J connectivity index is 1.77. The molecule has 2 N–H and O–H groups in total. The highest BCUT2D eigenvalue weighted by Gasteiger charge is 2.44. The summed E-state index contributed by atoms with van der Waals surface area (Å²) in [5, 5.41) is 0. The molecule has 0 bridgehead atoms. The number of benzene rings is 1. The van der Waals surface area contributed by atoms with E-state index in [-0.39, 0.29) is 0 Å². The Labute approximate surface area is 109 Å². The minimum atomic E-state index is 0.299. The molecule has 0 aliphatic carbocycles. The van der Waals surface area contributed by atoms with Gasteiger partial charge in [0.2, 0.25) is 0 Å². The van der Waals surface area contributed by atoms with Crippen molar-refractivity contribution in [3.05, 3.63) is 35.9 Å². The van der Waals surface area contributed by atoms with Crippen LogP contribution in [0.25, 0.3) is 0 Å². The summed E-state index contributed by atoms with van der Waals surface area (Å²) in [6.07, 6.45) is 3.39. The second-order valence-electron chi connectivity index (χ2n) is 5.67. The highest BCUT2D eigenvalue weighted by atomic mass is 16.5. The molecule has 0 amide bonds. The first-order chi connectivity index (χ1) is 8.78. The lowest BCUT2D eigenvalue weighted by Gasteiger charge is -2.41. The molecule has 0 aromatic heterocycles. The fourth-order valence-corrected chi connectivity index (χ4v) is 3.47. The summed E-state index contributed by atoms with van der Waals surface area (Å²) in [4.78, 5) is 2.59. The number of rotatable bonds is 2. The standard InChI is InChI=1S/C15H22N2O/c16-14-10-15(6-8-18-9-7-15)17(12-14)11-13-4-2-1-3-5-13/h1-5,14H,6-12,16H2. The third-order valence-corrected chi connectivity index (χ3v) is 4.41. The van der Waals surface area contributed by atoms with Crippen molar-refractivity contribution in [3.8, 4) is 0 Å². The Morgan fingerprint density at radius 2 is 1.94 bits per heavy atom. The van der Waals surface area contributed by atoms with Crippen LogP contribution in [0.15, 0.2) is 30.3 Å². The number of nitrogens with two attached hydrogens (primary N) is 1. The van der Waals surface area contributed by atoms with Crippen LogP contribution in [0.1, 0.15) is 24.8 Å². The average molecular weight is 246 g/mol. The maximum atomic E-state index is 6.20. The van der Waals surface area contributed by atoms with Crippen molar-refractivity contribution >= 4 is 0 Å². The SMILES string of the molecule is NC1CN(Cc2ccccc2)C2(CCOCC2)C1. The monoisotopic (exact) mass is 246 g/mol. The van der Waals surface area contributed by atoms with Crippen LogP contribution in [0.2, 0.25) is 0 Å². The first-order valence-corrected chi connectivity index (χ1v) is 6.91. The molecule has 3 nitrogen and oxygen atoms in total. The highest BCUT2D eigenvalue weighted by molar-refractivity contribution is 5.16. The quantitative estimate of drug-likeness (QED) is 0.864. The van der Waals surface area contributed by atoms with E-state index in [0.29, 0.717) is 11.6 Å². The van der Waals surface area contributed by atoms with Crippen LogP contribution in [-0.4, -0.2) is 36.2 Å². The topological polar surface area (TPSA) is 38.5 Å². The number of nitrogens with zero attached hydrogens (tertiary/aromatic N) is 1. The van der Waals surface area contributed by atoms with E-state index < -0.39 is 0 Å². The second-order valence-corrected chi connectivity index (χ2v) is 5.67. The third kappa shape index (κ3) is 2.30. The van der Waals surface area contributed by atoms with Gasteiger partial charge in [0.25, 0.3) is 0 Å². The van der Waals surface area contributed by atoms with E-state index in [1.54, 1.807) is 0 Å². The van der Waals surface area contributed by atoms with Crippen molar-refractivity contribution in [2.24, 2.45) is 5.73 Å². The lowest BCUT2D eigenvalue weighted by atomic mass is 9.86. The zero-order valence-corrected chi connectivity index (χ0v) is 10.8. The molecule has 1 atom stereocenters. The fraction of sp³-hybridized carbons (Fsp3) is 0.600. The molecule has 2 saturated heterocycles. The van der Waals surface area contributed by atoms with Crippen LogP contribution in [0.5, 0.6) is 0 Å². The van der Waals surface area contributed by atoms with Gasteiger partial charge < -0.3 is 10.5 Å². The molecule has 3 heteroatoms. The van der Waals surface area contributed by atoms with Crippen LogP contribution >= 0.6 is 0 Å². The predicted molar refractivity (Wildman–Crippen MR) is 72.2 cm³/mol. The molecule has 0 saturated carbocycles. The Bertz CT molecular complexity index is 387. The summed E-state index contributed by atoms with van der Waals surface area (Å²) in [5.74, 6) is 0. The first kappa shape index (κ1) is 12.2. The van der Waals surface area contributed by atoms with E-state index in [4.69, 9.17) is 10.5 Å². The van der Waals surface area contributed by atoms with Crippen molar-refractivity contribution in [3.63, 3.8) is 0 Å². The molecule has 2 fully saturated rings. The van der Waals surface area contributed by atoms with Crippen LogP contribution in [0.4, 0.5) is 0 Å². The number of hydrogen-bond acceptors (Lipinski definition) is 3. The van der Waals surface area contributed by atoms with E-state index in [0.717, 1.165) is 45.6 Å². The molecule has 1 unspecified atom stereocenters. The lowest BCUT2D eigenvalue weighted by Crippen LogP contribution is -2.47. The van der Waals surface area contributed by atoms with Gasteiger partial charge in [-0.15, -0.1) is 0 Å². The van der Waals surface area contributed by atoms with Crippen molar-refractivity contribution in [1.82, 2.24) is 4.90 Å². The summed E-state index contributed by atoms with van der Waals surface area (Å²) < 4.78 is 5.52. The largest absolute Gasteiger partial charge is 0.381 e. The Hall–Kier alpha value is -0.900. The van der Waals surface area contributed by atoms with Crippen LogP contribution in [0, 0.1) is 0 Å². The smallest absolute Gasteiger partial charge is 0.0483 e.